The molecule has 6 rings (SSSR count). The lowest BCUT2D eigenvalue weighted by Gasteiger charge is -2.36. The smallest absolute Gasteiger partial charge is 0.273 e. The van der Waals surface area contributed by atoms with E-state index in [-0.39, 0.29) is 42.4 Å². The summed E-state index contributed by atoms with van der Waals surface area (Å²) in [5.41, 5.74) is 2.21. The molecule has 3 heterocycles. The van der Waals surface area contributed by atoms with Gasteiger partial charge in [0.25, 0.3) is 11.8 Å². The number of benzene rings is 1. The van der Waals surface area contributed by atoms with Crippen molar-refractivity contribution in [3.63, 3.8) is 0 Å². The van der Waals surface area contributed by atoms with E-state index in [9.17, 15) is 19.2 Å². The number of nitrogens with zero attached hydrogens (tertiary/aromatic N) is 4. The number of allylic oxidation sites excluding steroid dienone is 2. The van der Waals surface area contributed by atoms with E-state index < -0.39 is 11.9 Å². The monoisotopic (exact) mass is 474 g/mol. The number of hydrogen-bond donors (Lipinski definition) is 2. The number of hydrogen-bond acceptors (Lipinski definition) is 6. The molecule has 2 aliphatic carbocycles. The minimum Gasteiger partial charge on any atom is -0.348 e. The van der Waals surface area contributed by atoms with E-state index in [0.717, 1.165) is 24.8 Å². The molecule has 2 fully saturated rings. The first-order valence-corrected chi connectivity index (χ1v) is 12.1. The fourth-order valence-corrected chi connectivity index (χ4v) is 5.87. The third kappa shape index (κ3) is 4.02. The Bertz CT molecular complexity index is 1270. The number of aromatic nitrogens is 3. The lowest BCUT2D eigenvalue weighted by atomic mass is 9.74. The molecule has 2 aromatic rings. The second kappa shape index (κ2) is 8.44. The van der Waals surface area contributed by atoms with Crippen LogP contribution >= 0.6 is 0 Å². The lowest BCUT2D eigenvalue weighted by Crippen LogP contribution is -2.52. The molecule has 0 spiro atoms. The minimum absolute atomic E-state index is 0.144. The van der Waals surface area contributed by atoms with Crippen molar-refractivity contribution in [3.05, 3.63) is 53.4 Å². The van der Waals surface area contributed by atoms with E-state index in [2.05, 4.69) is 33.1 Å². The van der Waals surface area contributed by atoms with Crippen LogP contribution in [-0.2, 0) is 16.1 Å². The highest BCUT2D eigenvalue weighted by Gasteiger charge is 2.39. The summed E-state index contributed by atoms with van der Waals surface area (Å²) >= 11 is 0. The molecular weight excluding hydrogens is 448 g/mol. The second-order valence-electron chi connectivity index (χ2n) is 9.96. The Morgan fingerprint density at radius 1 is 1.14 bits per heavy atom. The first-order valence-electron chi connectivity index (χ1n) is 12.1. The maximum absolute atomic E-state index is 12.9. The van der Waals surface area contributed by atoms with E-state index >= 15 is 0 Å². The lowest BCUT2D eigenvalue weighted by molar-refractivity contribution is -0.136. The first-order chi connectivity index (χ1) is 16.9. The number of carbonyl (C=O) groups is 4. The Morgan fingerprint density at radius 3 is 2.86 bits per heavy atom. The standard InChI is InChI=1S/C25H26N6O4/c32-22-7-6-21(24(34)27-22)30-12-16-11-18(4-5-19(16)25(30)35)31-13-20(28-29-31)23(33)26-17-9-14-2-1-3-15(8-14)10-17/h1-2,4-5,11,13-15,17,21H,3,6-10,12H2,(H,26,33)(H,27,32,34)/t14-,15+,17+,21?/m1/s1. The van der Waals surface area contributed by atoms with E-state index in [4.69, 9.17) is 0 Å². The Kier molecular flexibility index (Phi) is 5.23. The summed E-state index contributed by atoms with van der Waals surface area (Å²) < 4.78 is 1.52. The van der Waals surface area contributed by atoms with Gasteiger partial charge in [0, 0.05) is 24.6 Å². The van der Waals surface area contributed by atoms with E-state index in [1.54, 1.807) is 18.3 Å². The fourth-order valence-electron chi connectivity index (χ4n) is 5.87. The number of nitrogens with one attached hydrogen (secondary N) is 2. The van der Waals surface area contributed by atoms with Gasteiger partial charge in [0.05, 0.1) is 11.9 Å². The average molecular weight is 475 g/mol. The first kappa shape index (κ1) is 21.7. The number of amides is 4. The zero-order chi connectivity index (χ0) is 24.1. The fraction of sp³-hybridized carbons (Fsp3) is 0.440. The highest BCUT2D eigenvalue weighted by molar-refractivity contribution is 6.05. The molecule has 4 amide bonds. The van der Waals surface area contributed by atoms with Crippen LogP contribution in [0.25, 0.3) is 5.69 Å². The summed E-state index contributed by atoms with van der Waals surface area (Å²) in [6, 6.07) is 4.76. The molecular formula is C25H26N6O4. The normalized spacial score (nSPS) is 27.5. The van der Waals surface area contributed by atoms with Crippen molar-refractivity contribution in [2.24, 2.45) is 11.8 Å². The highest BCUT2D eigenvalue weighted by atomic mass is 16.2. The number of piperidine rings is 1. The van der Waals surface area contributed by atoms with E-state index in [1.165, 1.54) is 16.0 Å². The maximum Gasteiger partial charge on any atom is 0.273 e. The molecule has 2 N–H and O–H groups in total. The van der Waals surface area contributed by atoms with Gasteiger partial charge < -0.3 is 10.2 Å². The third-order valence-corrected chi connectivity index (χ3v) is 7.55. The molecule has 4 aliphatic rings. The van der Waals surface area contributed by atoms with Crippen molar-refractivity contribution in [1.29, 1.82) is 0 Å². The van der Waals surface area contributed by atoms with Gasteiger partial charge in [-0.25, -0.2) is 4.68 Å². The van der Waals surface area contributed by atoms with Crippen molar-refractivity contribution in [2.75, 3.05) is 0 Å². The quantitative estimate of drug-likeness (QED) is 0.511. The molecule has 2 bridgehead atoms. The molecule has 1 saturated carbocycles. The van der Waals surface area contributed by atoms with Crippen LogP contribution in [0.3, 0.4) is 0 Å². The van der Waals surface area contributed by atoms with Gasteiger partial charge in [-0.3, -0.25) is 24.5 Å². The van der Waals surface area contributed by atoms with E-state index in [0.29, 0.717) is 29.5 Å². The van der Waals surface area contributed by atoms with Crippen LogP contribution in [0.1, 0.15) is 64.9 Å². The highest BCUT2D eigenvalue weighted by Crippen LogP contribution is 2.36. The van der Waals surface area contributed by atoms with Crippen molar-refractivity contribution in [3.8, 4) is 5.69 Å². The SMILES string of the molecule is O=C1CCC(N2Cc3cc(-n4cc(C(=O)N[C@H]5C[C@@H]6C=CC[C@@H](C6)C5)nn4)ccc3C2=O)C(=O)N1. The van der Waals surface area contributed by atoms with Gasteiger partial charge in [-0.1, -0.05) is 17.4 Å². The Morgan fingerprint density at radius 2 is 2.03 bits per heavy atom. The molecule has 1 aromatic heterocycles. The Balaban J connectivity index is 1.15. The molecule has 35 heavy (non-hydrogen) atoms. The number of fused-ring (bicyclic) bond motifs is 3. The zero-order valence-electron chi connectivity index (χ0n) is 19.1. The topological polar surface area (TPSA) is 126 Å². The summed E-state index contributed by atoms with van der Waals surface area (Å²) in [5.74, 6) is -0.0395. The second-order valence-corrected chi connectivity index (χ2v) is 9.96. The Labute approximate surface area is 201 Å². The van der Waals surface area contributed by atoms with E-state index in [1.807, 2.05) is 6.07 Å². The average Bonchev–Trinajstić information content (AvgIpc) is 3.44. The van der Waals surface area contributed by atoms with Gasteiger partial charge >= 0.3 is 0 Å². The van der Waals surface area contributed by atoms with Crippen molar-refractivity contribution in [1.82, 2.24) is 30.5 Å². The number of rotatable bonds is 4. The molecule has 10 nitrogen and oxygen atoms in total. The van der Waals surface area contributed by atoms with Crippen LogP contribution in [0.5, 0.6) is 0 Å². The van der Waals surface area contributed by atoms with Crippen LogP contribution in [0.15, 0.2) is 36.5 Å². The van der Waals surface area contributed by atoms with Gasteiger partial charge in [-0.2, -0.15) is 0 Å². The summed E-state index contributed by atoms with van der Waals surface area (Å²) in [4.78, 5) is 50.9. The summed E-state index contributed by atoms with van der Waals surface area (Å²) in [5, 5.41) is 13.6. The van der Waals surface area contributed by atoms with Crippen LogP contribution in [-0.4, -0.2) is 55.6 Å². The van der Waals surface area contributed by atoms with Crippen LogP contribution in [0.2, 0.25) is 0 Å². The molecule has 2 aliphatic heterocycles. The van der Waals surface area contributed by atoms with Crippen LogP contribution < -0.4 is 10.6 Å². The van der Waals surface area contributed by atoms with Gasteiger partial charge in [-0.05, 0) is 67.7 Å². The Hall–Kier alpha value is -3.82. The molecule has 10 heteroatoms. The molecule has 1 saturated heterocycles. The van der Waals surface area contributed by atoms with Gasteiger partial charge in [0.15, 0.2) is 5.69 Å². The molecule has 1 unspecified atom stereocenters. The number of carbonyl (C=O) groups excluding carboxylic acids is 4. The zero-order valence-corrected chi connectivity index (χ0v) is 19.1. The van der Waals surface area contributed by atoms with Crippen LogP contribution in [0.4, 0.5) is 0 Å². The van der Waals surface area contributed by atoms with Crippen LogP contribution in [0, 0.1) is 11.8 Å². The summed E-state index contributed by atoms with van der Waals surface area (Å²) in [6.07, 6.45) is 10.9. The summed E-state index contributed by atoms with van der Waals surface area (Å²) in [7, 11) is 0. The van der Waals surface area contributed by atoms with Crippen molar-refractivity contribution < 1.29 is 19.2 Å². The largest absolute Gasteiger partial charge is 0.348 e. The molecule has 180 valence electrons. The van der Waals surface area contributed by atoms with Crippen molar-refractivity contribution in [2.45, 2.75) is 57.2 Å². The third-order valence-electron chi connectivity index (χ3n) is 7.55. The number of imide groups is 1. The van der Waals surface area contributed by atoms with Gasteiger partial charge in [0.1, 0.15) is 6.04 Å². The maximum atomic E-state index is 12.9. The minimum atomic E-state index is -0.660. The predicted octanol–water partition coefficient (Wildman–Crippen LogP) is 1.50. The van der Waals surface area contributed by atoms with Gasteiger partial charge in [-0.15, -0.1) is 5.10 Å². The molecule has 0 radical (unpaired) electrons. The molecule has 1 aromatic carbocycles. The molecule has 4 atom stereocenters. The van der Waals surface area contributed by atoms with Crippen molar-refractivity contribution >= 4 is 23.6 Å². The van der Waals surface area contributed by atoms with Gasteiger partial charge in [0.2, 0.25) is 11.8 Å². The predicted molar refractivity (Wildman–Crippen MR) is 123 cm³/mol. The summed E-state index contributed by atoms with van der Waals surface area (Å²) in [6.45, 7) is 0.273.